The normalized spacial score (nSPS) is 23.7. The molecule has 3 atom stereocenters. The number of nitrogens with zero attached hydrogens (tertiary/aromatic N) is 2. The highest BCUT2D eigenvalue weighted by Gasteiger charge is 2.36. The summed E-state index contributed by atoms with van der Waals surface area (Å²) in [7, 11) is 1.71. The van der Waals surface area contributed by atoms with Crippen molar-refractivity contribution in [2.75, 3.05) is 20.3 Å². The number of methoxy groups -OCH3 is 1. The minimum atomic E-state index is 0.127. The Hall–Kier alpha value is -1.07. The molecule has 5 heteroatoms. The molecule has 1 aromatic rings. The molecule has 1 aromatic heterocycles. The average molecular weight is 295 g/mol. The maximum absolute atomic E-state index is 6.02. The lowest BCUT2D eigenvalue weighted by molar-refractivity contribution is 0.0567. The zero-order chi connectivity index (χ0) is 15.4. The predicted molar refractivity (Wildman–Crippen MR) is 83.7 cm³/mol. The van der Waals surface area contributed by atoms with Gasteiger partial charge in [-0.05, 0) is 39.2 Å². The van der Waals surface area contributed by atoms with Gasteiger partial charge in [0.15, 0.2) is 5.75 Å². The third-order valence-electron chi connectivity index (χ3n) is 4.19. The van der Waals surface area contributed by atoms with Gasteiger partial charge in [-0.3, -0.25) is 4.68 Å². The van der Waals surface area contributed by atoms with Crippen molar-refractivity contribution in [3.63, 3.8) is 0 Å². The Morgan fingerprint density at radius 1 is 1.52 bits per heavy atom. The van der Waals surface area contributed by atoms with Crippen LogP contribution in [-0.4, -0.2) is 36.1 Å². The van der Waals surface area contributed by atoms with Gasteiger partial charge in [0.1, 0.15) is 5.69 Å². The van der Waals surface area contributed by atoms with Crippen molar-refractivity contribution < 1.29 is 9.47 Å². The van der Waals surface area contributed by atoms with Crippen LogP contribution in [0.4, 0.5) is 0 Å². The predicted octanol–water partition coefficient (Wildman–Crippen LogP) is 2.94. The summed E-state index contributed by atoms with van der Waals surface area (Å²) >= 11 is 0. The average Bonchev–Trinajstić information content (AvgIpc) is 3.06. The van der Waals surface area contributed by atoms with Gasteiger partial charge in [0, 0.05) is 12.6 Å². The Kier molecular flexibility index (Phi) is 5.65. The molecule has 21 heavy (non-hydrogen) atoms. The molecular weight excluding hydrogens is 266 g/mol. The van der Waals surface area contributed by atoms with E-state index in [0.29, 0.717) is 12.0 Å². The Bertz CT molecular complexity index is 445. The monoisotopic (exact) mass is 295 g/mol. The van der Waals surface area contributed by atoms with Crippen LogP contribution in [0.1, 0.15) is 58.3 Å². The number of ether oxygens (including phenoxy) is 2. The minimum Gasteiger partial charge on any atom is -0.493 e. The molecule has 0 aromatic carbocycles. The number of aromatic nitrogens is 2. The van der Waals surface area contributed by atoms with E-state index < -0.39 is 0 Å². The van der Waals surface area contributed by atoms with Crippen LogP contribution in [0, 0.1) is 5.92 Å². The molecule has 1 N–H and O–H groups in total. The summed E-state index contributed by atoms with van der Waals surface area (Å²) in [6, 6.07) is 0.425. The molecule has 0 amide bonds. The summed E-state index contributed by atoms with van der Waals surface area (Å²) in [5, 5.41) is 8.16. The van der Waals surface area contributed by atoms with Crippen LogP contribution < -0.4 is 10.1 Å². The van der Waals surface area contributed by atoms with Gasteiger partial charge >= 0.3 is 0 Å². The van der Waals surface area contributed by atoms with Crippen LogP contribution in [0.5, 0.6) is 5.75 Å². The molecule has 1 saturated heterocycles. The molecule has 0 radical (unpaired) electrons. The van der Waals surface area contributed by atoms with Crippen LogP contribution in [0.2, 0.25) is 0 Å². The fraction of sp³-hybridized carbons (Fsp3) is 0.812. The van der Waals surface area contributed by atoms with Gasteiger partial charge in [-0.15, -0.1) is 0 Å². The maximum Gasteiger partial charge on any atom is 0.161 e. The summed E-state index contributed by atoms with van der Waals surface area (Å²) in [5.74, 6) is 1.39. The third-order valence-corrected chi connectivity index (χ3v) is 4.19. The summed E-state index contributed by atoms with van der Waals surface area (Å²) < 4.78 is 13.6. The molecule has 1 aliphatic rings. The van der Waals surface area contributed by atoms with Crippen LogP contribution in [-0.2, 0) is 4.74 Å². The lowest BCUT2D eigenvalue weighted by Crippen LogP contribution is -2.37. The highest BCUT2D eigenvalue weighted by molar-refractivity contribution is 5.30. The van der Waals surface area contributed by atoms with Crippen molar-refractivity contribution in [3.05, 3.63) is 11.9 Å². The summed E-state index contributed by atoms with van der Waals surface area (Å²) in [5.41, 5.74) is 1.11. The van der Waals surface area contributed by atoms with Crippen molar-refractivity contribution in [1.29, 1.82) is 0 Å². The number of hydrogen-bond donors (Lipinski definition) is 1. The number of nitrogens with one attached hydrogen (secondary N) is 1. The van der Waals surface area contributed by atoms with E-state index in [1.165, 1.54) is 0 Å². The Balaban J connectivity index is 2.37. The Morgan fingerprint density at radius 3 is 2.81 bits per heavy atom. The van der Waals surface area contributed by atoms with Crippen LogP contribution in [0.25, 0.3) is 0 Å². The quantitative estimate of drug-likeness (QED) is 0.840. The van der Waals surface area contributed by atoms with Crippen LogP contribution >= 0.6 is 0 Å². The molecule has 3 unspecified atom stereocenters. The van der Waals surface area contributed by atoms with Crippen molar-refractivity contribution >= 4 is 0 Å². The molecule has 0 bridgehead atoms. The summed E-state index contributed by atoms with van der Waals surface area (Å²) in [4.78, 5) is 0. The Labute approximate surface area is 128 Å². The van der Waals surface area contributed by atoms with Gasteiger partial charge in [0.05, 0.1) is 25.5 Å². The van der Waals surface area contributed by atoms with E-state index in [2.05, 4.69) is 42.8 Å². The molecule has 5 nitrogen and oxygen atoms in total. The van der Waals surface area contributed by atoms with Crippen LogP contribution in [0.15, 0.2) is 6.20 Å². The van der Waals surface area contributed by atoms with Crippen molar-refractivity contribution in [3.8, 4) is 5.75 Å². The second kappa shape index (κ2) is 7.27. The van der Waals surface area contributed by atoms with Crippen molar-refractivity contribution in [2.45, 2.75) is 58.7 Å². The molecule has 1 aliphatic heterocycles. The van der Waals surface area contributed by atoms with Gasteiger partial charge in [0.25, 0.3) is 0 Å². The zero-order valence-electron chi connectivity index (χ0n) is 13.9. The van der Waals surface area contributed by atoms with E-state index in [4.69, 9.17) is 9.47 Å². The van der Waals surface area contributed by atoms with Gasteiger partial charge in [-0.1, -0.05) is 13.8 Å². The van der Waals surface area contributed by atoms with Crippen molar-refractivity contribution in [2.24, 2.45) is 5.92 Å². The summed E-state index contributed by atoms with van der Waals surface area (Å²) in [6.07, 6.45) is 4.21. The minimum absolute atomic E-state index is 0.127. The zero-order valence-corrected chi connectivity index (χ0v) is 13.9. The van der Waals surface area contributed by atoms with Gasteiger partial charge < -0.3 is 14.8 Å². The highest BCUT2D eigenvalue weighted by atomic mass is 16.5. The first-order valence-electron chi connectivity index (χ1n) is 8.06. The standard InChI is InChI=1S/C16H29N3O2/c1-6-8-17-14(16-12(4)7-9-21-16)15-13(20-5)10-18-19(15)11(2)3/h10-12,14,16-17H,6-9H2,1-5H3. The van der Waals surface area contributed by atoms with E-state index in [0.717, 1.165) is 37.4 Å². The molecule has 2 rings (SSSR count). The lowest BCUT2D eigenvalue weighted by atomic mass is 9.94. The molecule has 0 spiro atoms. The number of rotatable bonds is 7. The molecule has 0 saturated carbocycles. The first-order chi connectivity index (χ1) is 10.1. The van der Waals surface area contributed by atoms with Gasteiger partial charge in [-0.2, -0.15) is 5.10 Å². The van der Waals surface area contributed by atoms with Crippen LogP contribution in [0.3, 0.4) is 0 Å². The largest absolute Gasteiger partial charge is 0.493 e. The van der Waals surface area contributed by atoms with E-state index >= 15 is 0 Å². The topological polar surface area (TPSA) is 48.3 Å². The van der Waals surface area contributed by atoms with Gasteiger partial charge in [-0.25, -0.2) is 0 Å². The fourth-order valence-corrected chi connectivity index (χ4v) is 3.03. The second-order valence-electron chi connectivity index (χ2n) is 6.17. The second-order valence-corrected chi connectivity index (χ2v) is 6.17. The Morgan fingerprint density at radius 2 is 2.29 bits per heavy atom. The molecule has 120 valence electrons. The first-order valence-corrected chi connectivity index (χ1v) is 8.06. The highest BCUT2D eigenvalue weighted by Crippen LogP contribution is 2.36. The van der Waals surface area contributed by atoms with E-state index in [1.54, 1.807) is 7.11 Å². The van der Waals surface area contributed by atoms with Crippen molar-refractivity contribution in [1.82, 2.24) is 15.1 Å². The number of hydrogen-bond acceptors (Lipinski definition) is 4. The SMILES string of the molecule is CCCNC(c1c(OC)cnn1C(C)C)C1OCCC1C. The van der Waals surface area contributed by atoms with E-state index in [9.17, 15) is 0 Å². The summed E-state index contributed by atoms with van der Waals surface area (Å²) in [6.45, 7) is 10.5. The molecule has 0 aliphatic carbocycles. The maximum atomic E-state index is 6.02. The lowest BCUT2D eigenvalue weighted by Gasteiger charge is -2.29. The fourth-order valence-electron chi connectivity index (χ4n) is 3.03. The molecule has 2 heterocycles. The van der Waals surface area contributed by atoms with Gasteiger partial charge in [0.2, 0.25) is 0 Å². The smallest absolute Gasteiger partial charge is 0.161 e. The molecular formula is C16H29N3O2. The first kappa shape index (κ1) is 16.3. The van der Waals surface area contributed by atoms with E-state index in [1.807, 2.05) is 6.20 Å². The third kappa shape index (κ3) is 3.40. The van der Waals surface area contributed by atoms with E-state index in [-0.39, 0.29) is 12.1 Å². The molecule has 1 fully saturated rings.